The molecule has 3 rings (SSSR count). The number of amides is 2. The van der Waals surface area contributed by atoms with Crippen molar-refractivity contribution >= 4 is 34.5 Å². The minimum Gasteiger partial charge on any atom is -0.322 e. The third-order valence-electron chi connectivity index (χ3n) is 3.86. The van der Waals surface area contributed by atoms with Crippen molar-refractivity contribution in [3.05, 3.63) is 46.2 Å². The summed E-state index contributed by atoms with van der Waals surface area (Å²) in [6.45, 7) is 2.74. The molecule has 1 aromatic heterocycles. The average Bonchev–Trinajstić information content (AvgIpc) is 3.04. The van der Waals surface area contributed by atoms with E-state index in [0.29, 0.717) is 12.0 Å². The number of anilines is 2. The lowest BCUT2D eigenvalue weighted by atomic mass is 10.1. The SMILES string of the molecule is Cc1ccc(NC(=O)c2ccsc2)cc1N1CCCCC1=O. The lowest BCUT2D eigenvalue weighted by molar-refractivity contribution is -0.119. The number of rotatable bonds is 3. The predicted octanol–water partition coefficient (Wildman–Crippen LogP) is 3.83. The highest BCUT2D eigenvalue weighted by molar-refractivity contribution is 7.08. The Bertz CT molecular complexity index is 695. The van der Waals surface area contributed by atoms with Gasteiger partial charge < -0.3 is 10.2 Å². The van der Waals surface area contributed by atoms with Crippen molar-refractivity contribution in [3.8, 4) is 0 Å². The maximum atomic E-state index is 12.1. The Hall–Kier alpha value is -2.14. The van der Waals surface area contributed by atoms with Gasteiger partial charge in [-0.15, -0.1) is 0 Å². The molecule has 0 saturated carbocycles. The second-order valence-corrected chi connectivity index (χ2v) is 6.25. The molecule has 0 atom stereocenters. The van der Waals surface area contributed by atoms with Crippen LogP contribution in [-0.4, -0.2) is 18.4 Å². The van der Waals surface area contributed by atoms with Gasteiger partial charge in [-0.25, -0.2) is 0 Å². The van der Waals surface area contributed by atoms with Crippen LogP contribution in [0.25, 0.3) is 0 Å². The molecule has 1 aliphatic rings. The minimum atomic E-state index is -0.124. The molecule has 2 amide bonds. The Morgan fingerprint density at radius 2 is 2.14 bits per heavy atom. The molecule has 1 fully saturated rings. The first-order valence-electron chi connectivity index (χ1n) is 7.40. The van der Waals surface area contributed by atoms with Crippen LogP contribution >= 0.6 is 11.3 Å². The summed E-state index contributed by atoms with van der Waals surface area (Å²) in [6, 6.07) is 7.50. The van der Waals surface area contributed by atoms with Crippen molar-refractivity contribution in [2.24, 2.45) is 0 Å². The second-order valence-electron chi connectivity index (χ2n) is 5.47. The van der Waals surface area contributed by atoms with Gasteiger partial charge in [-0.2, -0.15) is 11.3 Å². The minimum absolute atomic E-state index is 0.124. The standard InChI is InChI=1S/C17H18N2O2S/c1-12-5-6-14(18-17(21)13-7-9-22-11-13)10-15(12)19-8-3-2-4-16(19)20/h5-7,9-11H,2-4,8H2,1H3,(H,18,21). The highest BCUT2D eigenvalue weighted by Crippen LogP contribution is 2.28. The van der Waals surface area contributed by atoms with Gasteiger partial charge in [0.15, 0.2) is 0 Å². The van der Waals surface area contributed by atoms with Crippen molar-refractivity contribution < 1.29 is 9.59 Å². The van der Waals surface area contributed by atoms with E-state index in [0.717, 1.165) is 36.3 Å². The Morgan fingerprint density at radius 3 is 2.86 bits per heavy atom. The number of thiophene rings is 1. The molecule has 2 aromatic rings. The van der Waals surface area contributed by atoms with Crippen LogP contribution in [-0.2, 0) is 4.79 Å². The van der Waals surface area contributed by atoms with Crippen molar-refractivity contribution in [2.45, 2.75) is 26.2 Å². The van der Waals surface area contributed by atoms with Gasteiger partial charge in [0.05, 0.1) is 5.56 Å². The van der Waals surface area contributed by atoms with Gasteiger partial charge in [0.1, 0.15) is 0 Å². The van der Waals surface area contributed by atoms with E-state index in [2.05, 4.69) is 5.32 Å². The summed E-state index contributed by atoms with van der Waals surface area (Å²) >= 11 is 1.49. The zero-order valence-corrected chi connectivity index (χ0v) is 13.3. The molecule has 1 N–H and O–H groups in total. The lowest BCUT2D eigenvalue weighted by Crippen LogP contribution is -2.35. The van der Waals surface area contributed by atoms with E-state index in [9.17, 15) is 9.59 Å². The Labute approximate surface area is 133 Å². The number of benzene rings is 1. The normalized spacial score (nSPS) is 15.0. The van der Waals surface area contributed by atoms with E-state index < -0.39 is 0 Å². The molecule has 0 bridgehead atoms. The fourth-order valence-electron chi connectivity index (χ4n) is 2.64. The van der Waals surface area contributed by atoms with E-state index in [-0.39, 0.29) is 11.8 Å². The highest BCUT2D eigenvalue weighted by atomic mass is 32.1. The van der Waals surface area contributed by atoms with Gasteiger partial charge >= 0.3 is 0 Å². The largest absolute Gasteiger partial charge is 0.322 e. The third-order valence-corrected chi connectivity index (χ3v) is 4.55. The monoisotopic (exact) mass is 314 g/mol. The fourth-order valence-corrected chi connectivity index (χ4v) is 3.27. The molecule has 0 radical (unpaired) electrons. The number of piperidine rings is 1. The van der Waals surface area contributed by atoms with E-state index >= 15 is 0 Å². The summed E-state index contributed by atoms with van der Waals surface area (Å²) in [6.07, 6.45) is 2.59. The molecular formula is C17H18N2O2S. The van der Waals surface area contributed by atoms with E-state index in [4.69, 9.17) is 0 Å². The third kappa shape index (κ3) is 3.04. The Morgan fingerprint density at radius 1 is 1.27 bits per heavy atom. The van der Waals surface area contributed by atoms with Crippen molar-refractivity contribution in [2.75, 3.05) is 16.8 Å². The zero-order chi connectivity index (χ0) is 15.5. The van der Waals surface area contributed by atoms with Crippen LogP contribution in [0.5, 0.6) is 0 Å². The van der Waals surface area contributed by atoms with Crippen LogP contribution in [0.2, 0.25) is 0 Å². The Kier molecular flexibility index (Phi) is 4.24. The quantitative estimate of drug-likeness (QED) is 0.936. The molecule has 114 valence electrons. The van der Waals surface area contributed by atoms with Gasteiger partial charge in [0, 0.05) is 29.7 Å². The summed E-state index contributed by atoms with van der Waals surface area (Å²) in [5.41, 5.74) is 3.31. The van der Waals surface area contributed by atoms with Crippen LogP contribution in [0.15, 0.2) is 35.0 Å². The van der Waals surface area contributed by atoms with E-state index in [1.165, 1.54) is 11.3 Å². The topological polar surface area (TPSA) is 49.4 Å². The number of aryl methyl sites for hydroxylation is 1. The molecular weight excluding hydrogens is 296 g/mol. The fraction of sp³-hybridized carbons (Fsp3) is 0.294. The average molecular weight is 314 g/mol. The summed E-state index contributed by atoms with van der Waals surface area (Å²) in [7, 11) is 0. The summed E-state index contributed by atoms with van der Waals surface area (Å²) in [5.74, 6) is 0.0386. The first kappa shape index (κ1) is 14.8. The molecule has 4 nitrogen and oxygen atoms in total. The number of hydrogen-bond donors (Lipinski definition) is 1. The molecule has 0 unspecified atom stereocenters. The predicted molar refractivity (Wildman–Crippen MR) is 89.7 cm³/mol. The van der Waals surface area contributed by atoms with Gasteiger partial charge in [0.2, 0.25) is 5.91 Å². The Balaban J connectivity index is 1.83. The van der Waals surface area contributed by atoms with Crippen LogP contribution in [0.3, 0.4) is 0 Å². The number of nitrogens with zero attached hydrogens (tertiary/aromatic N) is 1. The first-order valence-corrected chi connectivity index (χ1v) is 8.34. The van der Waals surface area contributed by atoms with Crippen LogP contribution in [0.4, 0.5) is 11.4 Å². The highest BCUT2D eigenvalue weighted by Gasteiger charge is 2.21. The van der Waals surface area contributed by atoms with Crippen molar-refractivity contribution in [1.82, 2.24) is 0 Å². The van der Waals surface area contributed by atoms with Crippen LogP contribution < -0.4 is 10.2 Å². The molecule has 2 heterocycles. The molecule has 1 saturated heterocycles. The zero-order valence-electron chi connectivity index (χ0n) is 12.5. The van der Waals surface area contributed by atoms with Crippen molar-refractivity contribution in [1.29, 1.82) is 0 Å². The van der Waals surface area contributed by atoms with Gasteiger partial charge in [-0.1, -0.05) is 6.07 Å². The molecule has 5 heteroatoms. The summed E-state index contributed by atoms with van der Waals surface area (Å²) in [4.78, 5) is 26.1. The lowest BCUT2D eigenvalue weighted by Gasteiger charge is -2.28. The second kappa shape index (κ2) is 6.32. The van der Waals surface area contributed by atoms with Gasteiger partial charge in [0.25, 0.3) is 5.91 Å². The molecule has 1 aliphatic heterocycles. The number of carbonyl (C=O) groups excluding carboxylic acids is 2. The van der Waals surface area contributed by atoms with Gasteiger partial charge in [-0.3, -0.25) is 9.59 Å². The summed E-state index contributed by atoms with van der Waals surface area (Å²) < 4.78 is 0. The van der Waals surface area contributed by atoms with Crippen LogP contribution in [0, 0.1) is 6.92 Å². The number of carbonyl (C=O) groups is 2. The number of hydrogen-bond acceptors (Lipinski definition) is 3. The number of nitrogens with one attached hydrogen (secondary N) is 1. The maximum Gasteiger partial charge on any atom is 0.256 e. The molecule has 0 aliphatic carbocycles. The van der Waals surface area contributed by atoms with Crippen molar-refractivity contribution in [3.63, 3.8) is 0 Å². The molecule has 0 spiro atoms. The van der Waals surface area contributed by atoms with E-state index in [1.54, 1.807) is 6.07 Å². The molecule has 1 aromatic carbocycles. The summed E-state index contributed by atoms with van der Waals surface area (Å²) in [5, 5.41) is 6.59. The first-order chi connectivity index (χ1) is 10.6. The maximum absolute atomic E-state index is 12.1. The smallest absolute Gasteiger partial charge is 0.256 e. The van der Waals surface area contributed by atoms with Gasteiger partial charge in [-0.05, 0) is 48.9 Å². The molecule has 22 heavy (non-hydrogen) atoms. The van der Waals surface area contributed by atoms with Crippen LogP contribution in [0.1, 0.15) is 35.2 Å². The van der Waals surface area contributed by atoms with E-state index in [1.807, 2.05) is 40.8 Å².